The van der Waals surface area contributed by atoms with Crippen molar-refractivity contribution in [3.05, 3.63) is 78.2 Å². The number of hydrogen-bond acceptors (Lipinski definition) is 6. The predicted octanol–water partition coefficient (Wildman–Crippen LogP) is 4.87. The number of thiazole rings is 1. The maximum Gasteiger partial charge on any atom is 0.257 e. The third-order valence-electron chi connectivity index (χ3n) is 5.87. The van der Waals surface area contributed by atoms with Gasteiger partial charge >= 0.3 is 0 Å². The number of furan rings is 1. The van der Waals surface area contributed by atoms with E-state index in [1.807, 2.05) is 60.7 Å². The number of thioether (sulfide) groups is 1. The van der Waals surface area contributed by atoms with Crippen molar-refractivity contribution in [3.8, 4) is 10.8 Å². The number of carbonyl (C=O) groups excluding carboxylic acids is 2. The summed E-state index contributed by atoms with van der Waals surface area (Å²) in [5.41, 5.74) is 2.43. The SMILES string of the molecule is O=C(NCc1ccc(-c2nc3ccccc3s2)o1)C1CSCN1C(=O)c1c[nH]c2ccccc12. The fourth-order valence-electron chi connectivity index (χ4n) is 4.12. The van der Waals surface area contributed by atoms with Gasteiger partial charge in [0.15, 0.2) is 10.8 Å². The monoisotopic (exact) mass is 488 g/mol. The van der Waals surface area contributed by atoms with E-state index in [0.29, 0.717) is 28.7 Å². The minimum absolute atomic E-state index is 0.140. The summed E-state index contributed by atoms with van der Waals surface area (Å²) in [5.74, 6) is 2.05. The van der Waals surface area contributed by atoms with Gasteiger partial charge in [-0.15, -0.1) is 23.1 Å². The second kappa shape index (κ2) is 8.66. The molecule has 0 saturated carbocycles. The number of aromatic nitrogens is 2. The molecule has 2 amide bonds. The van der Waals surface area contributed by atoms with Crippen LogP contribution in [0.4, 0.5) is 0 Å². The van der Waals surface area contributed by atoms with Crippen LogP contribution in [0.5, 0.6) is 0 Å². The smallest absolute Gasteiger partial charge is 0.257 e. The standard InChI is InChI=1S/C25H20N4O3S2/c30-23(20-13-33-14-29(20)25(31)17-12-26-18-6-2-1-5-16(17)18)27-11-15-9-10-21(32-15)24-28-19-7-3-4-8-22(19)34-24/h1-10,12,20,26H,11,13-14H2,(H,27,30). The summed E-state index contributed by atoms with van der Waals surface area (Å²) in [6.07, 6.45) is 1.72. The Labute approximate surface area is 203 Å². The maximum absolute atomic E-state index is 13.2. The van der Waals surface area contributed by atoms with E-state index in [9.17, 15) is 9.59 Å². The van der Waals surface area contributed by atoms with E-state index >= 15 is 0 Å². The van der Waals surface area contributed by atoms with Crippen LogP contribution in [0.25, 0.3) is 31.9 Å². The highest BCUT2D eigenvalue weighted by Crippen LogP contribution is 2.31. The van der Waals surface area contributed by atoms with Gasteiger partial charge in [-0.2, -0.15) is 0 Å². The van der Waals surface area contributed by atoms with Crippen LogP contribution >= 0.6 is 23.1 Å². The summed E-state index contributed by atoms with van der Waals surface area (Å²) < 4.78 is 7.04. The molecule has 170 valence electrons. The van der Waals surface area contributed by atoms with E-state index in [0.717, 1.165) is 26.1 Å². The van der Waals surface area contributed by atoms with Crippen LogP contribution in [0.3, 0.4) is 0 Å². The zero-order valence-corrected chi connectivity index (χ0v) is 19.6. The normalized spacial score (nSPS) is 15.9. The zero-order valence-electron chi connectivity index (χ0n) is 18.0. The molecule has 0 radical (unpaired) electrons. The van der Waals surface area contributed by atoms with Gasteiger partial charge in [-0.05, 0) is 30.3 Å². The molecular formula is C25H20N4O3S2. The number of aromatic amines is 1. The van der Waals surface area contributed by atoms with Crippen molar-refractivity contribution in [3.63, 3.8) is 0 Å². The van der Waals surface area contributed by atoms with Gasteiger partial charge < -0.3 is 19.6 Å². The van der Waals surface area contributed by atoms with Gasteiger partial charge in [-0.25, -0.2) is 4.98 Å². The van der Waals surface area contributed by atoms with Gasteiger partial charge in [0.2, 0.25) is 5.91 Å². The first-order valence-electron chi connectivity index (χ1n) is 10.8. The van der Waals surface area contributed by atoms with E-state index in [4.69, 9.17) is 4.42 Å². The minimum atomic E-state index is -0.523. The fourth-order valence-corrected chi connectivity index (χ4v) is 6.20. The lowest BCUT2D eigenvalue weighted by molar-refractivity contribution is -0.124. The third kappa shape index (κ3) is 3.76. The van der Waals surface area contributed by atoms with Crippen molar-refractivity contribution in [2.24, 2.45) is 0 Å². The number of amides is 2. The van der Waals surface area contributed by atoms with E-state index in [1.54, 1.807) is 34.2 Å². The lowest BCUT2D eigenvalue weighted by atomic mass is 10.1. The Morgan fingerprint density at radius 3 is 2.88 bits per heavy atom. The molecule has 4 heterocycles. The summed E-state index contributed by atoms with van der Waals surface area (Å²) in [6, 6.07) is 18.8. The van der Waals surface area contributed by atoms with E-state index in [1.165, 1.54) is 0 Å². The van der Waals surface area contributed by atoms with Gasteiger partial charge in [0.25, 0.3) is 5.91 Å². The predicted molar refractivity (Wildman–Crippen MR) is 135 cm³/mol. The lowest BCUT2D eigenvalue weighted by Gasteiger charge is -2.22. The molecule has 9 heteroatoms. The maximum atomic E-state index is 13.2. The van der Waals surface area contributed by atoms with Crippen LogP contribution in [-0.2, 0) is 11.3 Å². The quantitative estimate of drug-likeness (QED) is 0.368. The van der Waals surface area contributed by atoms with Gasteiger partial charge in [0, 0.05) is 22.9 Å². The summed E-state index contributed by atoms with van der Waals surface area (Å²) in [6.45, 7) is 0.250. The molecule has 1 aliphatic rings. The summed E-state index contributed by atoms with van der Waals surface area (Å²) in [5, 5.41) is 4.60. The Bertz CT molecular complexity index is 1490. The second-order valence-electron chi connectivity index (χ2n) is 8.01. The molecule has 0 bridgehead atoms. The molecule has 6 rings (SSSR count). The van der Waals surface area contributed by atoms with Gasteiger partial charge in [0.1, 0.15) is 11.8 Å². The van der Waals surface area contributed by atoms with Crippen LogP contribution < -0.4 is 5.32 Å². The Hall–Kier alpha value is -3.56. The van der Waals surface area contributed by atoms with Gasteiger partial charge in [-0.3, -0.25) is 9.59 Å². The number of carbonyl (C=O) groups is 2. The van der Waals surface area contributed by atoms with Crippen LogP contribution in [0, 0.1) is 0 Å². The van der Waals surface area contributed by atoms with Gasteiger partial charge in [-0.1, -0.05) is 30.3 Å². The number of H-pyrrole nitrogens is 1. The molecule has 7 nitrogen and oxygen atoms in total. The Kier molecular flexibility index (Phi) is 5.35. The first-order valence-corrected chi connectivity index (χ1v) is 12.8. The number of fused-ring (bicyclic) bond motifs is 2. The topological polar surface area (TPSA) is 91.2 Å². The minimum Gasteiger partial charge on any atom is -0.457 e. The fraction of sp³-hybridized carbons (Fsp3) is 0.160. The molecule has 34 heavy (non-hydrogen) atoms. The van der Waals surface area contributed by atoms with Crippen molar-refractivity contribution >= 4 is 56.0 Å². The molecule has 1 atom stereocenters. The third-order valence-corrected chi connectivity index (χ3v) is 7.93. The number of nitrogens with zero attached hydrogens (tertiary/aromatic N) is 2. The largest absolute Gasteiger partial charge is 0.457 e. The summed E-state index contributed by atoms with van der Waals surface area (Å²) in [4.78, 5) is 35.6. The van der Waals surface area contributed by atoms with Crippen molar-refractivity contribution in [1.82, 2.24) is 20.2 Å². The average Bonchev–Trinajstić information content (AvgIpc) is 3.66. The molecule has 0 spiro atoms. The number of nitrogens with one attached hydrogen (secondary N) is 2. The molecule has 1 fully saturated rings. The lowest BCUT2D eigenvalue weighted by Crippen LogP contribution is -2.47. The van der Waals surface area contributed by atoms with Crippen LogP contribution in [0.2, 0.25) is 0 Å². The van der Waals surface area contributed by atoms with Gasteiger partial charge in [0.05, 0.1) is 28.2 Å². The summed E-state index contributed by atoms with van der Waals surface area (Å²) >= 11 is 3.15. The summed E-state index contributed by atoms with van der Waals surface area (Å²) in [7, 11) is 0. The average molecular weight is 489 g/mol. The Balaban J connectivity index is 1.13. The first kappa shape index (κ1) is 21.0. The zero-order chi connectivity index (χ0) is 23.1. The Morgan fingerprint density at radius 1 is 1.12 bits per heavy atom. The van der Waals surface area contributed by atoms with E-state index in [-0.39, 0.29) is 18.4 Å². The molecule has 0 aliphatic carbocycles. The highest BCUT2D eigenvalue weighted by atomic mass is 32.2. The Morgan fingerprint density at radius 2 is 1.97 bits per heavy atom. The molecule has 2 N–H and O–H groups in total. The second-order valence-corrected chi connectivity index (χ2v) is 10.0. The number of rotatable bonds is 5. The highest BCUT2D eigenvalue weighted by Gasteiger charge is 2.35. The molecule has 1 unspecified atom stereocenters. The number of hydrogen-bond donors (Lipinski definition) is 2. The molecule has 2 aromatic carbocycles. The highest BCUT2D eigenvalue weighted by molar-refractivity contribution is 7.99. The molecule has 5 aromatic rings. The van der Waals surface area contributed by atoms with E-state index in [2.05, 4.69) is 15.3 Å². The van der Waals surface area contributed by atoms with Crippen molar-refractivity contribution in [1.29, 1.82) is 0 Å². The number of benzene rings is 2. The van der Waals surface area contributed by atoms with E-state index < -0.39 is 6.04 Å². The van der Waals surface area contributed by atoms with Crippen molar-refractivity contribution < 1.29 is 14.0 Å². The van der Waals surface area contributed by atoms with Crippen LogP contribution in [-0.4, -0.2) is 44.4 Å². The number of para-hydroxylation sites is 2. The first-order chi connectivity index (χ1) is 16.7. The molecular weight excluding hydrogens is 468 g/mol. The van der Waals surface area contributed by atoms with Crippen LogP contribution in [0.15, 0.2) is 71.3 Å². The molecule has 1 saturated heterocycles. The van der Waals surface area contributed by atoms with Crippen molar-refractivity contribution in [2.75, 3.05) is 11.6 Å². The molecule has 3 aromatic heterocycles. The van der Waals surface area contributed by atoms with Crippen LogP contribution in [0.1, 0.15) is 16.1 Å². The van der Waals surface area contributed by atoms with Crippen molar-refractivity contribution in [2.45, 2.75) is 12.6 Å². The molecule has 1 aliphatic heterocycles.